The zero-order valence-corrected chi connectivity index (χ0v) is 12.2. The number of hydrogen-bond donors (Lipinski definition) is 0. The van der Waals surface area contributed by atoms with E-state index in [9.17, 15) is 4.79 Å². The Bertz CT molecular complexity index is 680. The van der Waals surface area contributed by atoms with E-state index in [2.05, 4.69) is 0 Å². The summed E-state index contributed by atoms with van der Waals surface area (Å²) in [7, 11) is 1.85. The fourth-order valence-electron chi connectivity index (χ4n) is 2.30. The van der Waals surface area contributed by atoms with Gasteiger partial charge >= 0.3 is 5.97 Å². The van der Waals surface area contributed by atoms with Crippen molar-refractivity contribution in [3.63, 3.8) is 0 Å². The Balaban J connectivity index is 1.90. The summed E-state index contributed by atoms with van der Waals surface area (Å²) in [6.07, 6.45) is 1.43. The van der Waals surface area contributed by atoms with Crippen molar-refractivity contribution in [1.82, 2.24) is 4.90 Å². The molecular weight excluding hydrogens is 286 g/mol. The number of carbonyl (C=O) groups is 1. The van der Waals surface area contributed by atoms with Gasteiger partial charge in [0.15, 0.2) is 0 Å². The number of cyclic esters (lactones) is 1. The van der Waals surface area contributed by atoms with Crippen LogP contribution in [0.2, 0.25) is 5.02 Å². The van der Waals surface area contributed by atoms with Gasteiger partial charge in [0, 0.05) is 17.6 Å². The first-order valence-corrected chi connectivity index (χ1v) is 6.99. The van der Waals surface area contributed by atoms with E-state index in [0.29, 0.717) is 10.7 Å². The van der Waals surface area contributed by atoms with E-state index in [1.807, 2.05) is 60.5 Å². The van der Waals surface area contributed by atoms with Crippen LogP contribution in [0.4, 0.5) is 0 Å². The highest BCUT2D eigenvalue weighted by atomic mass is 35.5. The van der Waals surface area contributed by atoms with Gasteiger partial charge in [0.2, 0.25) is 6.23 Å². The molecule has 1 saturated heterocycles. The molecule has 2 aromatic carbocycles. The lowest BCUT2D eigenvalue weighted by molar-refractivity contribution is -0.140. The van der Waals surface area contributed by atoms with Crippen molar-refractivity contribution in [1.29, 1.82) is 0 Å². The lowest BCUT2D eigenvalue weighted by Crippen LogP contribution is -2.17. The largest absolute Gasteiger partial charge is 0.432 e. The summed E-state index contributed by atoms with van der Waals surface area (Å²) in [5, 5.41) is 0.668. The summed E-state index contributed by atoms with van der Waals surface area (Å²) in [6, 6.07) is 17.0. The summed E-state index contributed by atoms with van der Waals surface area (Å²) >= 11 is 5.87. The van der Waals surface area contributed by atoms with Crippen LogP contribution in [-0.4, -0.2) is 17.9 Å². The molecule has 3 rings (SSSR count). The van der Waals surface area contributed by atoms with E-state index < -0.39 is 0 Å². The minimum atomic E-state index is -0.378. The Morgan fingerprint density at radius 2 is 1.76 bits per heavy atom. The molecule has 3 nitrogen and oxygen atoms in total. The van der Waals surface area contributed by atoms with Crippen LogP contribution in [0.3, 0.4) is 0 Å². The predicted octanol–water partition coefficient (Wildman–Crippen LogP) is 3.87. The maximum Gasteiger partial charge on any atom is 0.356 e. The number of likely N-dealkylation sites (N-methyl/N-ethyl adjacent to an activating group) is 1. The van der Waals surface area contributed by atoms with Crippen LogP contribution in [0.15, 0.2) is 60.3 Å². The van der Waals surface area contributed by atoms with E-state index in [1.54, 1.807) is 12.1 Å². The molecule has 1 aliphatic heterocycles. The molecule has 0 aromatic heterocycles. The fraction of sp³-hybridized carbons (Fsp3) is 0.118. The van der Waals surface area contributed by atoms with Gasteiger partial charge in [0.05, 0.1) is 0 Å². The van der Waals surface area contributed by atoms with Gasteiger partial charge < -0.3 is 9.64 Å². The molecule has 0 saturated carbocycles. The first kappa shape index (κ1) is 13.7. The average Bonchev–Trinajstić information content (AvgIpc) is 2.78. The Labute approximate surface area is 128 Å². The number of hydrogen-bond acceptors (Lipinski definition) is 3. The molecule has 1 unspecified atom stereocenters. The van der Waals surface area contributed by atoms with E-state index in [4.69, 9.17) is 16.3 Å². The topological polar surface area (TPSA) is 29.5 Å². The lowest BCUT2D eigenvalue weighted by atomic mass is 10.1. The van der Waals surface area contributed by atoms with E-state index in [-0.39, 0.29) is 12.2 Å². The summed E-state index contributed by atoms with van der Waals surface area (Å²) in [5.74, 6) is -0.318. The molecule has 0 N–H and O–H groups in total. The molecular formula is C17H14ClNO2. The lowest BCUT2D eigenvalue weighted by Gasteiger charge is -2.19. The van der Waals surface area contributed by atoms with Crippen LogP contribution < -0.4 is 0 Å². The summed E-state index contributed by atoms with van der Waals surface area (Å²) in [4.78, 5) is 13.9. The predicted molar refractivity (Wildman–Crippen MR) is 82.5 cm³/mol. The summed E-state index contributed by atoms with van der Waals surface area (Å²) in [6.45, 7) is 0. The third kappa shape index (κ3) is 2.78. The average molecular weight is 300 g/mol. The SMILES string of the molecule is CN1C(=Cc2ccc(Cl)cc2)C(=O)OC1c1ccccc1. The number of halogens is 1. The maximum atomic E-state index is 12.1. The molecule has 0 aliphatic carbocycles. The fourth-order valence-corrected chi connectivity index (χ4v) is 2.42. The van der Waals surface area contributed by atoms with Crippen LogP contribution in [-0.2, 0) is 9.53 Å². The second-order valence-electron chi connectivity index (χ2n) is 4.86. The molecule has 4 heteroatoms. The van der Waals surface area contributed by atoms with E-state index >= 15 is 0 Å². The van der Waals surface area contributed by atoms with Gasteiger partial charge in [-0.25, -0.2) is 4.79 Å². The molecule has 0 bridgehead atoms. The Morgan fingerprint density at radius 3 is 2.43 bits per heavy atom. The van der Waals surface area contributed by atoms with Crippen molar-refractivity contribution in [2.45, 2.75) is 6.23 Å². The first-order chi connectivity index (χ1) is 10.1. The number of benzene rings is 2. The highest BCUT2D eigenvalue weighted by molar-refractivity contribution is 6.30. The monoisotopic (exact) mass is 299 g/mol. The van der Waals surface area contributed by atoms with Gasteiger partial charge in [0.1, 0.15) is 5.70 Å². The minimum absolute atomic E-state index is 0.318. The Morgan fingerprint density at radius 1 is 1.10 bits per heavy atom. The zero-order chi connectivity index (χ0) is 14.8. The molecule has 0 spiro atoms. The van der Waals surface area contributed by atoms with Crippen LogP contribution in [0, 0.1) is 0 Å². The van der Waals surface area contributed by atoms with Gasteiger partial charge in [-0.2, -0.15) is 0 Å². The van der Waals surface area contributed by atoms with Crippen molar-refractivity contribution in [3.8, 4) is 0 Å². The highest BCUT2D eigenvalue weighted by Gasteiger charge is 2.34. The van der Waals surface area contributed by atoms with Crippen molar-refractivity contribution < 1.29 is 9.53 Å². The van der Waals surface area contributed by atoms with Gasteiger partial charge in [-0.05, 0) is 23.8 Å². The quantitative estimate of drug-likeness (QED) is 0.623. The number of carbonyl (C=O) groups excluding carboxylic acids is 1. The molecule has 1 atom stereocenters. The normalized spacial score (nSPS) is 19.9. The molecule has 0 radical (unpaired) electrons. The standard InChI is InChI=1S/C17H14ClNO2/c1-19-15(11-12-7-9-14(18)10-8-12)17(20)21-16(19)13-5-3-2-4-6-13/h2-11,16H,1H3. The molecule has 1 aliphatic rings. The van der Waals surface area contributed by atoms with Crippen molar-refractivity contribution in [2.75, 3.05) is 7.05 Å². The van der Waals surface area contributed by atoms with Gasteiger partial charge in [-0.1, -0.05) is 54.1 Å². The van der Waals surface area contributed by atoms with Crippen molar-refractivity contribution >= 4 is 23.6 Å². The molecule has 0 amide bonds. The van der Waals surface area contributed by atoms with Crippen molar-refractivity contribution in [3.05, 3.63) is 76.4 Å². The number of rotatable bonds is 2. The molecule has 1 fully saturated rings. The third-order valence-electron chi connectivity index (χ3n) is 3.42. The first-order valence-electron chi connectivity index (χ1n) is 6.61. The van der Waals surface area contributed by atoms with Crippen LogP contribution in [0.5, 0.6) is 0 Å². The molecule has 21 heavy (non-hydrogen) atoms. The van der Waals surface area contributed by atoms with Crippen LogP contribution in [0.1, 0.15) is 17.4 Å². The summed E-state index contributed by atoms with van der Waals surface area (Å²) in [5.41, 5.74) is 2.39. The maximum absolute atomic E-state index is 12.1. The van der Waals surface area contributed by atoms with E-state index in [1.165, 1.54) is 0 Å². The Hall–Kier alpha value is -2.26. The second-order valence-corrected chi connectivity index (χ2v) is 5.30. The number of ether oxygens (including phenoxy) is 1. The van der Waals surface area contributed by atoms with Gasteiger partial charge in [0.25, 0.3) is 0 Å². The minimum Gasteiger partial charge on any atom is -0.432 e. The second kappa shape index (κ2) is 5.62. The van der Waals surface area contributed by atoms with Crippen LogP contribution in [0.25, 0.3) is 6.08 Å². The number of nitrogens with zero attached hydrogens (tertiary/aromatic N) is 1. The third-order valence-corrected chi connectivity index (χ3v) is 3.67. The van der Waals surface area contributed by atoms with Gasteiger partial charge in [-0.15, -0.1) is 0 Å². The summed E-state index contributed by atoms with van der Waals surface area (Å²) < 4.78 is 5.46. The molecule has 106 valence electrons. The van der Waals surface area contributed by atoms with Gasteiger partial charge in [-0.3, -0.25) is 0 Å². The smallest absolute Gasteiger partial charge is 0.356 e. The Kier molecular flexibility index (Phi) is 3.67. The number of esters is 1. The highest BCUT2D eigenvalue weighted by Crippen LogP contribution is 2.33. The molecule has 1 heterocycles. The van der Waals surface area contributed by atoms with E-state index in [0.717, 1.165) is 11.1 Å². The van der Waals surface area contributed by atoms with Crippen LogP contribution >= 0.6 is 11.6 Å². The van der Waals surface area contributed by atoms with Crippen molar-refractivity contribution in [2.24, 2.45) is 0 Å². The zero-order valence-electron chi connectivity index (χ0n) is 11.5. The molecule has 2 aromatic rings.